The summed E-state index contributed by atoms with van der Waals surface area (Å²) in [5.74, 6) is -0.111. The summed E-state index contributed by atoms with van der Waals surface area (Å²) < 4.78 is 12.8. The normalized spacial score (nSPS) is 35.5. The highest BCUT2D eigenvalue weighted by atomic mass is 35.5. The van der Waals surface area contributed by atoms with Crippen LogP contribution in [0.5, 0.6) is 0 Å². The summed E-state index contributed by atoms with van der Waals surface area (Å²) in [5, 5.41) is 17.4. The van der Waals surface area contributed by atoms with Gasteiger partial charge in [0.1, 0.15) is 5.60 Å². The molecule has 0 radical (unpaired) electrons. The van der Waals surface area contributed by atoms with Gasteiger partial charge in [0.15, 0.2) is 12.1 Å². The molecule has 6 rings (SSSR count). The third-order valence-electron chi connectivity index (χ3n) is 10.1. The molecule has 1 aromatic rings. The van der Waals surface area contributed by atoms with Gasteiger partial charge < -0.3 is 19.3 Å². The second-order valence-electron chi connectivity index (χ2n) is 12.4. The van der Waals surface area contributed by atoms with Crippen molar-refractivity contribution in [2.75, 3.05) is 39.8 Å². The van der Waals surface area contributed by atoms with Gasteiger partial charge in [-0.2, -0.15) is 5.26 Å². The van der Waals surface area contributed by atoms with E-state index >= 15 is 0 Å². The van der Waals surface area contributed by atoms with E-state index in [0.29, 0.717) is 56.8 Å². The fourth-order valence-electron chi connectivity index (χ4n) is 7.70. The maximum atomic E-state index is 14.4. The number of ketones is 1. The third kappa shape index (κ3) is 5.52. The van der Waals surface area contributed by atoms with E-state index < -0.39 is 18.0 Å². The molecule has 4 fully saturated rings. The van der Waals surface area contributed by atoms with Gasteiger partial charge in [-0.15, -0.1) is 0 Å². The minimum atomic E-state index is -0.900. The Bertz CT molecular complexity index is 1260. The van der Waals surface area contributed by atoms with Crippen LogP contribution >= 0.6 is 11.6 Å². The summed E-state index contributed by atoms with van der Waals surface area (Å²) in [6, 6.07) is 7.74. The number of nitriles is 1. The number of rotatable bonds is 6. The van der Waals surface area contributed by atoms with Crippen molar-refractivity contribution >= 4 is 23.3 Å². The zero-order valence-electron chi connectivity index (χ0n) is 24.3. The number of nitrogens with one attached hydrogen (secondary N) is 2. The minimum Gasteiger partial charge on any atom is -0.362 e. The molecule has 6 unspecified atom stereocenters. The summed E-state index contributed by atoms with van der Waals surface area (Å²) in [5.41, 5.74) is 1.14. The number of fused-ring (bicyclic) bond motifs is 2. The van der Waals surface area contributed by atoms with Gasteiger partial charge in [0.05, 0.1) is 44.0 Å². The largest absolute Gasteiger partial charge is 0.362 e. The number of hydrogen-bond donors (Lipinski definition) is 2. The zero-order chi connectivity index (χ0) is 29.4. The molecule has 42 heavy (non-hydrogen) atoms. The Morgan fingerprint density at radius 2 is 2.14 bits per heavy atom. The van der Waals surface area contributed by atoms with Crippen molar-refractivity contribution in [1.29, 1.82) is 5.26 Å². The first-order valence-corrected chi connectivity index (χ1v) is 15.5. The Morgan fingerprint density at radius 1 is 1.29 bits per heavy atom. The Hall–Kier alpha value is -2.36. The summed E-state index contributed by atoms with van der Waals surface area (Å²) in [4.78, 5) is 33.3. The predicted molar refractivity (Wildman–Crippen MR) is 157 cm³/mol. The number of piperazine rings is 1. The van der Waals surface area contributed by atoms with Crippen molar-refractivity contribution < 1.29 is 19.1 Å². The van der Waals surface area contributed by atoms with Crippen LogP contribution in [0.15, 0.2) is 30.9 Å². The number of carbonyl (C=O) groups excluding carboxylic acids is 2. The predicted octanol–water partition coefficient (Wildman–Crippen LogP) is 2.02. The fourth-order valence-corrected chi connectivity index (χ4v) is 7.95. The second kappa shape index (κ2) is 12.3. The molecule has 1 spiro atoms. The lowest BCUT2D eigenvalue weighted by Crippen LogP contribution is -2.75. The number of ether oxygens (including phenoxy) is 2. The SMILES string of the molecule is C=CC(=O)N1CCN(C2NC(OCC3CCCN3C)NC3C(=O)[C@]4(CCC32)Cc2cccc(Cl)c2CO4)CC1CC#N. The van der Waals surface area contributed by atoms with E-state index in [2.05, 4.69) is 40.1 Å². The Kier molecular flexibility index (Phi) is 8.72. The molecule has 3 saturated heterocycles. The van der Waals surface area contributed by atoms with Gasteiger partial charge in [0, 0.05) is 43.0 Å². The third-order valence-corrected chi connectivity index (χ3v) is 10.5. The average molecular weight is 597 g/mol. The molecular weight excluding hydrogens is 556 g/mol. The summed E-state index contributed by atoms with van der Waals surface area (Å²) >= 11 is 6.45. The quantitative estimate of drug-likeness (QED) is 0.477. The first kappa shape index (κ1) is 29.7. The number of Topliss-reactive ketones (excluding diaryl/α,β-unsaturated/α-hetero) is 1. The van der Waals surface area contributed by atoms with Gasteiger partial charge >= 0.3 is 0 Å². The molecule has 5 aliphatic rings. The van der Waals surface area contributed by atoms with Crippen LogP contribution in [0.25, 0.3) is 0 Å². The van der Waals surface area contributed by atoms with E-state index in [-0.39, 0.29) is 36.2 Å². The minimum absolute atomic E-state index is 0.0223. The van der Waals surface area contributed by atoms with Crippen LogP contribution in [0.2, 0.25) is 5.02 Å². The van der Waals surface area contributed by atoms with Crippen LogP contribution < -0.4 is 10.6 Å². The number of halogens is 1. The van der Waals surface area contributed by atoms with Crippen LogP contribution in [0.1, 0.15) is 43.2 Å². The van der Waals surface area contributed by atoms with Gasteiger partial charge in [0.2, 0.25) is 5.91 Å². The van der Waals surface area contributed by atoms with E-state index in [4.69, 9.17) is 21.1 Å². The smallest absolute Gasteiger partial charge is 0.246 e. The highest BCUT2D eigenvalue weighted by Crippen LogP contribution is 2.43. The molecule has 1 saturated carbocycles. The molecule has 226 valence electrons. The molecule has 10 nitrogen and oxygen atoms in total. The summed E-state index contributed by atoms with van der Waals surface area (Å²) in [7, 11) is 2.12. The molecule has 4 heterocycles. The highest BCUT2D eigenvalue weighted by Gasteiger charge is 2.56. The molecule has 11 heteroatoms. The first-order chi connectivity index (χ1) is 20.3. The lowest BCUT2D eigenvalue weighted by Gasteiger charge is -2.55. The molecule has 1 aromatic carbocycles. The monoisotopic (exact) mass is 596 g/mol. The zero-order valence-corrected chi connectivity index (χ0v) is 25.0. The van der Waals surface area contributed by atoms with Crippen molar-refractivity contribution in [2.24, 2.45) is 5.92 Å². The molecule has 1 aliphatic carbocycles. The Labute approximate surface area is 252 Å². The average Bonchev–Trinajstić information content (AvgIpc) is 3.42. The molecule has 4 aliphatic heterocycles. The van der Waals surface area contributed by atoms with Crippen molar-refractivity contribution in [2.45, 2.75) is 81.4 Å². The van der Waals surface area contributed by atoms with Crippen molar-refractivity contribution in [3.8, 4) is 6.07 Å². The molecule has 1 amide bonds. The van der Waals surface area contributed by atoms with Crippen LogP contribution in [0.4, 0.5) is 0 Å². The molecule has 7 atom stereocenters. The van der Waals surface area contributed by atoms with Gasteiger partial charge in [-0.05, 0) is 62.5 Å². The Balaban J connectivity index is 1.24. The molecule has 0 bridgehead atoms. The standard InChI is InChI=1S/C31H41ClN6O4/c1-3-26(39)38-15-14-37(17-21(38)10-12-33)29-23-9-11-31(16-20-6-4-8-25(32)24(20)19-42-31)28(40)27(23)34-30(35-29)41-18-22-7-5-13-36(22)2/h3-4,6,8,21-23,27,29-30,34-35H,1,5,7,9-11,13-19H2,2H3/t21?,22?,23?,27?,29?,30?,31-/m0/s1. The van der Waals surface area contributed by atoms with Crippen molar-refractivity contribution in [3.63, 3.8) is 0 Å². The number of hydrogen-bond acceptors (Lipinski definition) is 9. The van der Waals surface area contributed by atoms with Gasteiger partial charge in [-0.1, -0.05) is 30.3 Å². The van der Waals surface area contributed by atoms with Crippen LogP contribution in [-0.4, -0.2) is 102 Å². The van der Waals surface area contributed by atoms with E-state index in [0.717, 1.165) is 36.9 Å². The number of nitrogens with zero attached hydrogens (tertiary/aromatic N) is 4. The molecule has 2 N–H and O–H groups in total. The van der Waals surface area contributed by atoms with Crippen LogP contribution in [0, 0.1) is 17.2 Å². The number of carbonyl (C=O) groups is 2. The number of likely N-dealkylation sites (tertiary alicyclic amines) is 1. The summed E-state index contributed by atoms with van der Waals surface area (Å²) in [6.07, 6.45) is 5.03. The van der Waals surface area contributed by atoms with Gasteiger partial charge in [-0.25, -0.2) is 0 Å². The number of likely N-dealkylation sites (N-methyl/N-ethyl adjacent to an activating group) is 1. The van der Waals surface area contributed by atoms with E-state index in [1.54, 1.807) is 4.90 Å². The summed E-state index contributed by atoms with van der Waals surface area (Å²) in [6.45, 7) is 7.25. The van der Waals surface area contributed by atoms with Crippen molar-refractivity contribution in [1.82, 2.24) is 25.3 Å². The van der Waals surface area contributed by atoms with E-state index in [1.807, 2.05) is 18.2 Å². The van der Waals surface area contributed by atoms with Crippen molar-refractivity contribution in [3.05, 3.63) is 47.0 Å². The van der Waals surface area contributed by atoms with E-state index in [9.17, 15) is 14.9 Å². The number of benzene rings is 1. The maximum absolute atomic E-state index is 14.4. The fraction of sp³-hybridized carbons (Fsp3) is 0.645. The Morgan fingerprint density at radius 3 is 2.90 bits per heavy atom. The topological polar surface area (TPSA) is 110 Å². The lowest BCUT2D eigenvalue weighted by molar-refractivity contribution is -0.173. The van der Waals surface area contributed by atoms with Gasteiger partial charge in [0.25, 0.3) is 0 Å². The van der Waals surface area contributed by atoms with Crippen LogP contribution in [0.3, 0.4) is 0 Å². The van der Waals surface area contributed by atoms with Crippen LogP contribution in [-0.2, 0) is 32.1 Å². The first-order valence-electron chi connectivity index (χ1n) is 15.2. The molecule has 0 aromatic heterocycles. The maximum Gasteiger partial charge on any atom is 0.246 e. The highest BCUT2D eigenvalue weighted by molar-refractivity contribution is 6.31. The van der Waals surface area contributed by atoms with Gasteiger partial charge in [-0.3, -0.25) is 25.1 Å². The van der Waals surface area contributed by atoms with E-state index in [1.165, 1.54) is 6.08 Å². The number of amides is 1. The molecular formula is C31H41ClN6O4. The second-order valence-corrected chi connectivity index (χ2v) is 12.8. The lowest BCUT2D eigenvalue weighted by atomic mass is 9.68.